The number of amides is 2. The van der Waals surface area contributed by atoms with E-state index in [2.05, 4.69) is 31.7 Å². The molecule has 3 aromatic rings. The van der Waals surface area contributed by atoms with Gasteiger partial charge in [0.1, 0.15) is 12.4 Å². The molecule has 0 saturated heterocycles. The Labute approximate surface area is 177 Å². The summed E-state index contributed by atoms with van der Waals surface area (Å²) in [6.45, 7) is 2.81. The van der Waals surface area contributed by atoms with Crippen molar-refractivity contribution >= 4 is 33.4 Å². The van der Waals surface area contributed by atoms with Crippen LogP contribution in [-0.4, -0.2) is 28.6 Å². The monoisotopic (exact) mass is 456 g/mol. The second kappa shape index (κ2) is 9.38. The van der Waals surface area contributed by atoms with Crippen LogP contribution in [0.1, 0.15) is 33.3 Å². The number of rotatable bonds is 7. The van der Waals surface area contributed by atoms with Crippen LogP contribution in [0.25, 0.3) is 0 Å². The Morgan fingerprint density at radius 1 is 1.14 bits per heavy atom. The fourth-order valence-electron chi connectivity index (χ4n) is 2.68. The first kappa shape index (κ1) is 20.6. The Bertz CT molecular complexity index is 1030. The lowest BCUT2D eigenvalue weighted by Gasteiger charge is -2.09. The Morgan fingerprint density at radius 3 is 2.66 bits per heavy atom. The smallest absolute Gasteiger partial charge is 0.273 e. The molecule has 1 heterocycles. The molecule has 8 heteroatoms. The lowest BCUT2D eigenvalue weighted by Crippen LogP contribution is -2.21. The number of hydrogen-bond acceptors (Lipinski definition) is 4. The van der Waals surface area contributed by atoms with E-state index < -0.39 is 0 Å². The number of aromatic nitrogens is 2. The molecule has 0 fully saturated rings. The number of nitrogens with one attached hydrogen (secondary N) is 2. The minimum atomic E-state index is -0.358. The highest BCUT2D eigenvalue weighted by atomic mass is 79.9. The second-order valence-electron chi connectivity index (χ2n) is 6.20. The molecule has 2 N–H and O–H groups in total. The quantitative estimate of drug-likeness (QED) is 0.565. The van der Waals surface area contributed by atoms with Crippen LogP contribution in [0.4, 0.5) is 5.69 Å². The summed E-state index contributed by atoms with van der Waals surface area (Å²) in [5.41, 5.74) is 1.86. The number of carbonyl (C=O) groups excluding carboxylic acids is 2. The van der Waals surface area contributed by atoms with Crippen LogP contribution < -0.4 is 15.4 Å². The Balaban J connectivity index is 1.74. The van der Waals surface area contributed by atoms with Gasteiger partial charge in [-0.1, -0.05) is 24.3 Å². The van der Waals surface area contributed by atoms with Gasteiger partial charge in [0.05, 0.1) is 10.2 Å². The molecule has 2 amide bonds. The molecule has 3 rings (SSSR count). The summed E-state index contributed by atoms with van der Waals surface area (Å²) >= 11 is 3.45. The molecule has 0 aliphatic heterocycles. The highest BCUT2D eigenvalue weighted by Gasteiger charge is 2.18. The number of carbonyl (C=O) groups is 2. The molecule has 0 aliphatic rings. The van der Waals surface area contributed by atoms with Gasteiger partial charge in [0, 0.05) is 25.4 Å². The van der Waals surface area contributed by atoms with Gasteiger partial charge in [-0.15, -0.1) is 0 Å². The third-order valence-corrected chi connectivity index (χ3v) is 4.85. The number of halogens is 1. The Hall–Kier alpha value is -3.13. The van der Waals surface area contributed by atoms with E-state index in [4.69, 9.17) is 4.74 Å². The number of aryl methyl sites for hydroxylation is 1. The standard InChI is InChI=1S/C21H21BrN4O3/c1-3-26-12-17(19(25-26)21(28)23-2)24-20(27)15-8-6-7-14(11-15)13-29-18-10-5-4-9-16(18)22/h4-12H,3,13H2,1-2H3,(H,23,28)(H,24,27). The molecule has 29 heavy (non-hydrogen) atoms. The molecule has 2 aromatic carbocycles. The van der Waals surface area contributed by atoms with Crippen molar-refractivity contribution in [3.8, 4) is 5.75 Å². The fraction of sp³-hybridized carbons (Fsp3) is 0.190. The van der Waals surface area contributed by atoms with Crippen molar-refractivity contribution in [3.05, 3.63) is 76.0 Å². The Kier molecular flexibility index (Phi) is 6.66. The van der Waals surface area contributed by atoms with Gasteiger partial charge < -0.3 is 15.4 Å². The summed E-state index contributed by atoms with van der Waals surface area (Å²) in [6, 6.07) is 14.7. The normalized spacial score (nSPS) is 10.4. The minimum Gasteiger partial charge on any atom is -0.488 e. The molecule has 0 spiro atoms. The number of para-hydroxylation sites is 1. The van der Waals surface area contributed by atoms with Gasteiger partial charge in [-0.25, -0.2) is 0 Å². The van der Waals surface area contributed by atoms with Crippen molar-refractivity contribution in [2.24, 2.45) is 0 Å². The van der Waals surface area contributed by atoms with Gasteiger partial charge in [0.15, 0.2) is 5.69 Å². The van der Waals surface area contributed by atoms with Crippen LogP contribution in [0.15, 0.2) is 59.2 Å². The van der Waals surface area contributed by atoms with Gasteiger partial charge in [0.25, 0.3) is 11.8 Å². The van der Waals surface area contributed by atoms with Crippen LogP contribution in [0.2, 0.25) is 0 Å². The maximum absolute atomic E-state index is 12.7. The van der Waals surface area contributed by atoms with Crippen LogP contribution in [0.5, 0.6) is 5.75 Å². The van der Waals surface area contributed by atoms with Crippen molar-refractivity contribution in [1.82, 2.24) is 15.1 Å². The number of anilines is 1. The predicted molar refractivity (Wildman–Crippen MR) is 114 cm³/mol. The van der Waals surface area contributed by atoms with E-state index in [1.807, 2.05) is 37.3 Å². The molecule has 0 bridgehead atoms. The zero-order valence-electron chi connectivity index (χ0n) is 16.1. The average Bonchev–Trinajstić information content (AvgIpc) is 3.15. The van der Waals surface area contributed by atoms with Gasteiger partial charge in [-0.2, -0.15) is 5.10 Å². The zero-order valence-corrected chi connectivity index (χ0v) is 17.7. The summed E-state index contributed by atoms with van der Waals surface area (Å²) in [4.78, 5) is 24.8. The van der Waals surface area contributed by atoms with E-state index in [1.54, 1.807) is 29.1 Å². The van der Waals surface area contributed by atoms with E-state index in [0.29, 0.717) is 24.4 Å². The first-order chi connectivity index (χ1) is 14.0. The topological polar surface area (TPSA) is 85.2 Å². The van der Waals surface area contributed by atoms with Crippen LogP contribution >= 0.6 is 15.9 Å². The molecule has 7 nitrogen and oxygen atoms in total. The predicted octanol–water partition coefficient (Wildman–Crippen LogP) is 3.86. The summed E-state index contributed by atoms with van der Waals surface area (Å²) in [7, 11) is 1.52. The third kappa shape index (κ3) is 5.03. The molecule has 0 aliphatic carbocycles. The van der Waals surface area contributed by atoms with Gasteiger partial charge in [-0.05, 0) is 52.7 Å². The maximum atomic E-state index is 12.7. The number of hydrogen-bond donors (Lipinski definition) is 2. The fourth-order valence-corrected chi connectivity index (χ4v) is 3.08. The number of ether oxygens (including phenoxy) is 1. The molecule has 0 unspecified atom stereocenters. The number of benzene rings is 2. The highest BCUT2D eigenvalue weighted by molar-refractivity contribution is 9.10. The molecule has 1 aromatic heterocycles. The minimum absolute atomic E-state index is 0.177. The van der Waals surface area contributed by atoms with Crippen molar-refractivity contribution in [1.29, 1.82) is 0 Å². The van der Waals surface area contributed by atoms with E-state index >= 15 is 0 Å². The summed E-state index contributed by atoms with van der Waals surface area (Å²) < 4.78 is 8.28. The van der Waals surface area contributed by atoms with Crippen LogP contribution in [0, 0.1) is 0 Å². The lowest BCUT2D eigenvalue weighted by molar-refractivity contribution is 0.0958. The summed E-state index contributed by atoms with van der Waals surface area (Å²) in [5, 5.41) is 9.51. The molecule has 0 radical (unpaired) electrons. The van der Waals surface area contributed by atoms with E-state index in [0.717, 1.165) is 15.8 Å². The first-order valence-corrected chi connectivity index (χ1v) is 9.88. The summed E-state index contributed by atoms with van der Waals surface area (Å²) in [6.07, 6.45) is 1.64. The Morgan fingerprint density at radius 2 is 1.93 bits per heavy atom. The average molecular weight is 457 g/mol. The van der Waals surface area contributed by atoms with E-state index in [9.17, 15) is 9.59 Å². The SMILES string of the molecule is CCn1cc(NC(=O)c2cccc(COc3ccccc3Br)c2)c(C(=O)NC)n1. The van der Waals surface area contributed by atoms with Crippen LogP contribution in [-0.2, 0) is 13.2 Å². The second-order valence-corrected chi connectivity index (χ2v) is 7.05. The van der Waals surface area contributed by atoms with Gasteiger partial charge in [-0.3, -0.25) is 14.3 Å². The van der Waals surface area contributed by atoms with Crippen molar-refractivity contribution in [2.45, 2.75) is 20.1 Å². The molecular formula is C21H21BrN4O3. The highest BCUT2D eigenvalue weighted by Crippen LogP contribution is 2.25. The summed E-state index contributed by atoms with van der Waals surface area (Å²) in [5.74, 6) is 0.0428. The third-order valence-electron chi connectivity index (χ3n) is 4.20. The van der Waals surface area contributed by atoms with Crippen molar-refractivity contribution < 1.29 is 14.3 Å². The zero-order chi connectivity index (χ0) is 20.8. The van der Waals surface area contributed by atoms with Gasteiger partial charge in [0.2, 0.25) is 0 Å². The largest absolute Gasteiger partial charge is 0.488 e. The maximum Gasteiger partial charge on any atom is 0.273 e. The van der Waals surface area contributed by atoms with Crippen LogP contribution in [0.3, 0.4) is 0 Å². The molecule has 0 atom stereocenters. The van der Waals surface area contributed by atoms with Crippen molar-refractivity contribution in [3.63, 3.8) is 0 Å². The van der Waals surface area contributed by atoms with Crippen molar-refractivity contribution in [2.75, 3.05) is 12.4 Å². The van der Waals surface area contributed by atoms with E-state index in [-0.39, 0.29) is 17.5 Å². The molecule has 0 saturated carbocycles. The van der Waals surface area contributed by atoms with Gasteiger partial charge >= 0.3 is 0 Å². The lowest BCUT2D eigenvalue weighted by atomic mass is 10.1. The number of nitrogens with zero attached hydrogens (tertiary/aromatic N) is 2. The molecular weight excluding hydrogens is 436 g/mol. The molecule has 150 valence electrons. The first-order valence-electron chi connectivity index (χ1n) is 9.09. The van der Waals surface area contributed by atoms with E-state index in [1.165, 1.54) is 7.05 Å².